The molecule has 2 heterocycles. The maximum atomic E-state index is 12.0. The average molecular weight is 535 g/mol. The monoisotopic (exact) mass is 534 g/mol. The maximum absolute atomic E-state index is 12.0. The average Bonchev–Trinajstić information content (AvgIpc) is 3.16. The smallest absolute Gasteiger partial charge is 0.269 e. The Kier molecular flexibility index (Phi) is 8.40. The van der Waals surface area contributed by atoms with Gasteiger partial charge < -0.3 is 20.1 Å². The fraction of sp³-hybridized carbons (Fsp3) is 0.242. The summed E-state index contributed by atoms with van der Waals surface area (Å²) in [5, 5.41) is 6.24. The number of rotatable bonds is 8. The molecule has 0 bridgehead atoms. The first-order valence-corrected chi connectivity index (χ1v) is 13.7. The van der Waals surface area contributed by atoms with Gasteiger partial charge in [-0.1, -0.05) is 49.4 Å². The first kappa shape index (κ1) is 26.9. The summed E-state index contributed by atoms with van der Waals surface area (Å²) < 4.78 is 12.3. The molecule has 0 fully saturated rings. The molecule has 5 rings (SSSR count). The van der Waals surface area contributed by atoms with Crippen molar-refractivity contribution in [1.82, 2.24) is 10.3 Å². The van der Waals surface area contributed by atoms with Gasteiger partial charge in [0.05, 0.1) is 6.04 Å². The van der Waals surface area contributed by atoms with Crippen LogP contribution in [-0.4, -0.2) is 23.8 Å². The minimum absolute atomic E-state index is 0.114. The molecule has 40 heavy (non-hydrogen) atoms. The summed E-state index contributed by atoms with van der Waals surface area (Å²) in [6.07, 6.45) is 4.50. The van der Waals surface area contributed by atoms with E-state index in [0.717, 1.165) is 47.8 Å². The molecule has 0 aliphatic carbocycles. The number of para-hydroxylation sites is 2. The van der Waals surface area contributed by atoms with Crippen LogP contribution in [0.15, 0.2) is 96.1 Å². The van der Waals surface area contributed by atoms with Gasteiger partial charge in [0.15, 0.2) is 0 Å². The summed E-state index contributed by atoms with van der Waals surface area (Å²) in [6, 6.07) is 27.2. The summed E-state index contributed by atoms with van der Waals surface area (Å²) in [6.45, 7) is 4.31. The number of nitrogens with zero attached hydrogens (tertiary/aromatic N) is 2. The summed E-state index contributed by atoms with van der Waals surface area (Å²) in [5.41, 5.74) is 3.53. The number of hydrogen-bond donors (Lipinski definition) is 2. The van der Waals surface area contributed by atoms with Gasteiger partial charge >= 0.3 is 0 Å². The summed E-state index contributed by atoms with van der Waals surface area (Å²) >= 11 is 0. The van der Waals surface area contributed by atoms with E-state index < -0.39 is 0 Å². The number of carbonyl (C=O) groups excluding carboxylic acids is 1. The SMILES string of the molecule is CCC1CCc2ccc(Oc3ccnc(C(=O)NC)c3)cc2NC1=NC(C)c1ccccc1Oc1ccccc1. The molecule has 2 N–H and O–H groups in total. The molecule has 4 aromatic rings. The fourth-order valence-electron chi connectivity index (χ4n) is 4.87. The molecule has 1 aromatic heterocycles. The number of ether oxygens (including phenoxy) is 2. The van der Waals surface area contributed by atoms with Crippen LogP contribution in [0.1, 0.15) is 54.3 Å². The number of amidine groups is 1. The lowest BCUT2D eigenvalue weighted by Crippen LogP contribution is -2.22. The highest BCUT2D eigenvalue weighted by Crippen LogP contribution is 2.35. The molecule has 0 saturated heterocycles. The number of amides is 1. The third-order valence-electron chi connectivity index (χ3n) is 7.09. The first-order valence-electron chi connectivity index (χ1n) is 13.7. The molecule has 0 saturated carbocycles. The van der Waals surface area contributed by atoms with E-state index in [1.165, 1.54) is 5.56 Å². The molecular weight excluding hydrogens is 500 g/mol. The molecule has 3 aromatic carbocycles. The summed E-state index contributed by atoms with van der Waals surface area (Å²) in [4.78, 5) is 21.3. The molecular formula is C33H34N4O3. The normalized spacial score (nSPS) is 16.3. The Bertz CT molecular complexity index is 1500. The molecule has 2 atom stereocenters. The van der Waals surface area contributed by atoms with Crippen molar-refractivity contribution >= 4 is 17.4 Å². The van der Waals surface area contributed by atoms with Crippen LogP contribution in [0.4, 0.5) is 5.69 Å². The largest absolute Gasteiger partial charge is 0.457 e. The molecule has 1 aliphatic rings. The Morgan fingerprint density at radius 1 is 1.00 bits per heavy atom. The van der Waals surface area contributed by atoms with Crippen LogP contribution in [0.5, 0.6) is 23.0 Å². The van der Waals surface area contributed by atoms with Crippen molar-refractivity contribution in [3.8, 4) is 23.0 Å². The lowest BCUT2D eigenvalue weighted by atomic mass is 9.97. The molecule has 204 valence electrons. The lowest BCUT2D eigenvalue weighted by Gasteiger charge is -2.20. The van der Waals surface area contributed by atoms with Crippen LogP contribution in [0.25, 0.3) is 0 Å². The van der Waals surface area contributed by atoms with Crippen molar-refractivity contribution in [1.29, 1.82) is 0 Å². The topological polar surface area (TPSA) is 84.8 Å². The van der Waals surface area contributed by atoms with Crippen molar-refractivity contribution in [2.45, 2.75) is 39.2 Å². The van der Waals surface area contributed by atoms with E-state index >= 15 is 0 Å². The number of aliphatic imine (C=N–C) groups is 1. The van der Waals surface area contributed by atoms with E-state index in [1.54, 1.807) is 25.4 Å². The second-order valence-corrected chi connectivity index (χ2v) is 9.79. The van der Waals surface area contributed by atoms with Gasteiger partial charge in [-0.3, -0.25) is 14.8 Å². The van der Waals surface area contributed by atoms with Crippen molar-refractivity contribution < 1.29 is 14.3 Å². The fourth-order valence-corrected chi connectivity index (χ4v) is 4.87. The summed E-state index contributed by atoms with van der Waals surface area (Å²) in [7, 11) is 1.58. The van der Waals surface area contributed by atoms with Crippen molar-refractivity contribution in [3.63, 3.8) is 0 Å². The Hall–Kier alpha value is -4.65. The maximum Gasteiger partial charge on any atom is 0.269 e. The van der Waals surface area contributed by atoms with Gasteiger partial charge in [0.2, 0.25) is 0 Å². The quantitative estimate of drug-likeness (QED) is 0.244. The molecule has 2 unspecified atom stereocenters. The van der Waals surface area contributed by atoms with E-state index in [-0.39, 0.29) is 11.9 Å². The van der Waals surface area contributed by atoms with Crippen LogP contribution < -0.4 is 20.1 Å². The van der Waals surface area contributed by atoms with Gasteiger partial charge in [0.1, 0.15) is 34.5 Å². The Labute approximate surface area is 235 Å². The molecule has 7 heteroatoms. The van der Waals surface area contributed by atoms with E-state index in [2.05, 4.69) is 41.6 Å². The van der Waals surface area contributed by atoms with Crippen molar-refractivity contribution in [2.75, 3.05) is 12.4 Å². The molecule has 1 aliphatic heterocycles. The molecule has 0 spiro atoms. The predicted octanol–water partition coefficient (Wildman–Crippen LogP) is 7.57. The number of fused-ring (bicyclic) bond motifs is 1. The third kappa shape index (κ3) is 6.31. The zero-order valence-corrected chi connectivity index (χ0v) is 23.1. The standard InChI is InChI=1S/C33H34N4O3/c1-4-23-14-15-24-16-17-26(39-27-18-19-35-30(21-27)33(38)34-3)20-29(24)37-32(23)36-22(2)28-12-8-9-13-31(28)40-25-10-6-5-7-11-25/h5-13,16-23H,4,14-15H2,1-3H3,(H,34,38)(H,36,37). The minimum Gasteiger partial charge on any atom is -0.457 e. The Balaban J connectivity index is 1.40. The number of hydrogen-bond acceptors (Lipinski definition) is 5. The zero-order valence-electron chi connectivity index (χ0n) is 23.1. The third-order valence-corrected chi connectivity index (χ3v) is 7.09. The molecule has 0 radical (unpaired) electrons. The lowest BCUT2D eigenvalue weighted by molar-refractivity contribution is 0.0958. The van der Waals surface area contributed by atoms with E-state index in [9.17, 15) is 4.79 Å². The number of aryl methyl sites for hydroxylation is 1. The number of nitrogens with one attached hydrogen (secondary N) is 2. The van der Waals surface area contributed by atoms with Crippen molar-refractivity contribution in [3.05, 3.63) is 108 Å². The number of anilines is 1. The highest BCUT2D eigenvalue weighted by Gasteiger charge is 2.23. The second kappa shape index (κ2) is 12.5. The van der Waals surface area contributed by atoms with Gasteiger partial charge in [-0.05, 0) is 62.1 Å². The Morgan fingerprint density at radius 3 is 2.58 bits per heavy atom. The zero-order chi connectivity index (χ0) is 27.9. The molecule has 1 amide bonds. The number of carbonyl (C=O) groups is 1. The van der Waals surface area contributed by atoms with Crippen LogP contribution in [0.3, 0.4) is 0 Å². The summed E-state index contributed by atoms with van der Waals surface area (Å²) in [5.74, 6) is 3.83. The Morgan fingerprint density at radius 2 is 1.77 bits per heavy atom. The number of aromatic nitrogens is 1. The number of pyridine rings is 1. The van der Waals surface area contributed by atoms with Crippen molar-refractivity contribution in [2.24, 2.45) is 10.9 Å². The van der Waals surface area contributed by atoms with Gasteiger partial charge in [0.25, 0.3) is 5.91 Å². The first-order chi connectivity index (χ1) is 19.5. The van der Waals surface area contributed by atoms with Gasteiger partial charge in [0, 0.05) is 42.5 Å². The van der Waals surface area contributed by atoms with Gasteiger partial charge in [-0.2, -0.15) is 0 Å². The minimum atomic E-state index is -0.259. The van der Waals surface area contributed by atoms with Crippen LogP contribution >= 0.6 is 0 Å². The van der Waals surface area contributed by atoms with Gasteiger partial charge in [-0.25, -0.2) is 0 Å². The molecule has 7 nitrogen and oxygen atoms in total. The number of benzene rings is 3. The second-order valence-electron chi connectivity index (χ2n) is 9.79. The van der Waals surface area contributed by atoms with Gasteiger partial charge in [-0.15, -0.1) is 0 Å². The highest BCUT2D eigenvalue weighted by atomic mass is 16.5. The predicted molar refractivity (Wildman–Crippen MR) is 159 cm³/mol. The van der Waals surface area contributed by atoms with E-state index in [4.69, 9.17) is 14.5 Å². The highest BCUT2D eigenvalue weighted by molar-refractivity contribution is 5.99. The van der Waals surface area contributed by atoms with E-state index in [0.29, 0.717) is 23.1 Å². The van der Waals surface area contributed by atoms with Crippen LogP contribution in [0, 0.1) is 5.92 Å². The van der Waals surface area contributed by atoms with Crippen LogP contribution in [-0.2, 0) is 6.42 Å². The van der Waals surface area contributed by atoms with E-state index in [1.807, 2.05) is 60.7 Å². The van der Waals surface area contributed by atoms with Crippen LogP contribution in [0.2, 0.25) is 0 Å².